The van der Waals surface area contributed by atoms with Crippen LogP contribution in [0.3, 0.4) is 0 Å². The molecule has 3 rings (SSSR count). The summed E-state index contributed by atoms with van der Waals surface area (Å²) in [6, 6.07) is 10.6. The Hall–Kier alpha value is -2.93. The molecule has 0 spiro atoms. The predicted octanol–water partition coefficient (Wildman–Crippen LogP) is 2.69. The second-order valence-corrected chi connectivity index (χ2v) is 6.16. The average molecular weight is 354 g/mol. The minimum atomic E-state index is -0.146. The van der Waals surface area contributed by atoms with E-state index in [4.69, 9.17) is 4.74 Å². The molecule has 0 radical (unpaired) electrons. The van der Waals surface area contributed by atoms with E-state index in [1.807, 2.05) is 12.1 Å². The van der Waals surface area contributed by atoms with Crippen molar-refractivity contribution in [3.63, 3.8) is 0 Å². The third-order valence-corrected chi connectivity index (χ3v) is 4.01. The maximum Gasteiger partial charge on any atom is 0.251 e. The van der Waals surface area contributed by atoms with Crippen molar-refractivity contribution < 1.29 is 14.3 Å². The number of anilines is 3. The Balaban J connectivity index is 1.59. The van der Waals surface area contributed by atoms with Gasteiger partial charge in [-0.25, -0.2) is 4.98 Å². The van der Waals surface area contributed by atoms with E-state index in [0.717, 1.165) is 30.8 Å². The Labute approximate surface area is 152 Å². The van der Waals surface area contributed by atoms with E-state index in [2.05, 4.69) is 20.9 Å². The van der Waals surface area contributed by atoms with Crippen molar-refractivity contribution in [1.29, 1.82) is 0 Å². The molecule has 1 unspecified atom stereocenters. The largest absolute Gasteiger partial charge is 0.376 e. The van der Waals surface area contributed by atoms with Crippen molar-refractivity contribution in [2.24, 2.45) is 0 Å². The summed E-state index contributed by atoms with van der Waals surface area (Å²) in [6.07, 6.45) is 3.73. The van der Waals surface area contributed by atoms with Gasteiger partial charge in [0.05, 0.1) is 6.10 Å². The normalized spacial score (nSPS) is 16.1. The SMILES string of the molecule is CC(=O)Nc1ccc(Nc2cc(C(=O)NCC3CCCO3)ccn2)cc1. The van der Waals surface area contributed by atoms with E-state index in [1.54, 1.807) is 30.5 Å². The van der Waals surface area contributed by atoms with E-state index in [9.17, 15) is 9.59 Å². The van der Waals surface area contributed by atoms with Crippen LogP contribution in [-0.2, 0) is 9.53 Å². The van der Waals surface area contributed by atoms with Gasteiger partial charge in [-0.15, -0.1) is 0 Å². The zero-order valence-electron chi connectivity index (χ0n) is 14.6. The predicted molar refractivity (Wildman–Crippen MR) is 99.6 cm³/mol. The summed E-state index contributed by atoms with van der Waals surface area (Å²) in [6.45, 7) is 2.75. The molecule has 0 saturated carbocycles. The number of hydrogen-bond acceptors (Lipinski definition) is 5. The first-order valence-corrected chi connectivity index (χ1v) is 8.61. The van der Waals surface area contributed by atoms with Crippen LogP contribution in [-0.4, -0.2) is 36.1 Å². The van der Waals surface area contributed by atoms with Crippen molar-refractivity contribution >= 4 is 29.0 Å². The number of amides is 2. The zero-order valence-corrected chi connectivity index (χ0v) is 14.6. The molecule has 1 aliphatic rings. The zero-order chi connectivity index (χ0) is 18.4. The van der Waals surface area contributed by atoms with Gasteiger partial charge >= 0.3 is 0 Å². The number of aromatic nitrogens is 1. The summed E-state index contributed by atoms with van der Waals surface area (Å²) in [5, 5.41) is 8.76. The topological polar surface area (TPSA) is 92.4 Å². The molecule has 2 amide bonds. The van der Waals surface area contributed by atoms with Gasteiger partial charge in [0.1, 0.15) is 5.82 Å². The van der Waals surface area contributed by atoms with Crippen LogP contribution in [0, 0.1) is 0 Å². The highest BCUT2D eigenvalue weighted by Gasteiger charge is 2.16. The van der Waals surface area contributed by atoms with E-state index < -0.39 is 0 Å². The van der Waals surface area contributed by atoms with Gasteiger partial charge in [0.15, 0.2) is 0 Å². The summed E-state index contributed by atoms with van der Waals surface area (Å²) in [7, 11) is 0. The van der Waals surface area contributed by atoms with Crippen molar-refractivity contribution in [2.45, 2.75) is 25.9 Å². The molecule has 2 heterocycles. The Morgan fingerprint density at radius 2 is 1.96 bits per heavy atom. The van der Waals surface area contributed by atoms with Crippen LogP contribution in [0.25, 0.3) is 0 Å². The Bertz CT molecular complexity index is 771. The van der Waals surface area contributed by atoms with E-state index >= 15 is 0 Å². The molecule has 136 valence electrons. The van der Waals surface area contributed by atoms with Crippen LogP contribution in [0.5, 0.6) is 0 Å². The number of nitrogens with one attached hydrogen (secondary N) is 3. The molecule has 0 bridgehead atoms. The molecule has 1 fully saturated rings. The summed E-state index contributed by atoms with van der Waals surface area (Å²) in [4.78, 5) is 27.6. The summed E-state index contributed by atoms with van der Waals surface area (Å²) < 4.78 is 5.51. The number of carbonyl (C=O) groups excluding carboxylic acids is 2. The van der Waals surface area contributed by atoms with Gasteiger partial charge in [-0.2, -0.15) is 0 Å². The molecule has 1 aromatic carbocycles. The van der Waals surface area contributed by atoms with Crippen molar-refractivity contribution in [3.8, 4) is 0 Å². The molecule has 7 heteroatoms. The second-order valence-electron chi connectivity index (χ2n) is 6.16. The third kappa shape index (κ3) is 5.03. The van der Waals surface area contributed by atoms with Gasteiger partial charge in [-0.3, -0.25) is 9.59 Å². The minimum absolute atomic E-state index is 0.112. The quantitative estimate of drug-likeness (QED) is 0.742. The second kappa shape index (κ2) is 8.44. The van der Waals surface area contributed by atoms with Gasteiger partial charge < -0.3 is 20.7 Å². The molecular formula is C19H22N4O3. The molecule has 2 aromatic rings. The number of pyridine rings is 1. The first-order chi connectivity index (χ1) is 12.6. The number of nitrogens with zero attached hydrogens (tertiary/aromatic N) is 1. The molecule has 1 saturated heterocycles. The van der Waals surface area contributed by atoms with Crippen LogP contribution >= 0.6 is 0 Å². The number of rotatable bonds is 6. The van der Waals surface area contributed by atoms with E-state index in [0.29, 0.717) is 17.9 Å². The standard InChI is InChI=1S/C19H22N4O3/c1-13(24)22-15-4-6-16(7-5-15)23-18-11-14(8-9-20-18)19(25)21-12-17-3-2-10-26-17/h4-9,11,17H,2-3,10,12H2,1H3,(H,20,23)(H,21,25)(H,22,24). The number of carbonyl (C=O) groups is 2. The van der Waals surface area contributed by atoms with E-state index in [1.165, 1.54) is 6.92 Å². The highest BCUT2D eigenvalue weighted by Crippen LogP contribution is 2.18. The minimum Gasteiger partial charge on any atom is -0.376 e. The first kappa shape index (κ1) is 17.9. The van der Waals surface area contributed by atoms with Crippen molar-refractivity contribution in [2.75, 3.05) is 23.8 Å². The van der Waals surface area contributed by atoms with Gasteiger partial charge in [0, 0.05) is 43.2 Å². The third-order valence-electron chi connectivity index (χ3n) is 4.01. The molecule has 1 atom stereocenters. The van der Waals surface area contributed by atoms with Crippen LogP contribution < -0.4 is 16.0 Å². The number of ether oxygens (including phenoxy) is 1. The first-order valence-electron chi connectivity index (χ1n) is 8.61. The molecule has 7 nitrogen and oxygen atoms in total. The number of hydrogen-bond donors (Lipinski definition) is 3. The summed E-state index contributed by atoms with van der Waals surface area (Å²) >= 11 is 0. The Kier molecular flexibility index (Phi) is 5.80. The fourth-order valence-corrected chi connectivity index (χ4v) is 2.74. The van der Waals surface area contributed by atoms with Gasteiger partial charge in [0.25, 0.3) is 5.91 Å². The van der Waals surface area contributed by atoms with Crippen LogP contribution in [0.1, 0.15) is 30.1 Å². The van der Waals surface area contributed by atoms with Gasteiger partial charge in [-0.05, 0) is 49.2 Å². The van der Waals surface area contributed by atoms with Gasteiger partial charge in [0.2, 0.25) is 5.91 Å². The van der Waals surface area contributed by atoms with E-state index in [-0.39, 0.29) is 17.9 Å². The lowest BCUT2D eigenvalue weighted by molar-refractivity contribution is -0.114. The maximum absolute atomic E-state index is 12.3. The lowest BCUT2D eigenvalue weighted by atomic mass is 10.2. The molecule has 3 N–H and O–H groups in total. The van der Waals surface area contributed by atoms with Crippen molar-refractivity contribution in [1.82, 2.24) is 10.3 Å². The highest BCUT2D eigenvalue weighted by atomic mass is 16.5. The molecule has 1 aromatic heterocycles. The summed E-state index contributed by atoms with van der Waals surface area (Å²) in [5.41, 5.74) is 2.07. The van der Waals surface area contributed by atoms with Crippen LogP contribution in [0.2, 0.25) is 0 Å². The van der Waals surface area contributed by atoms with Crippen LogP contribution in [0.15, 0.2) is 42.6 Å². The fourth-order valence-electron chi connectivity index (χ4n) is 2.74. The number of benzene rings is 1. The highest BCUT2D eigenvalue weighted by molar-refractivity contribution is 5.95. The molecule has 1 aliphatic heterocycles. The maximum atomic E-state index is 12.3. The lowest BCUT2D eigenvalue weighted by Gasteiger charge is -2.12. The lowest BCUT2D eigenvalue weighted by Crippen LogP contribution is -2.31. The van der Waals surface area contributed by atoms with Crippen molar-refractivity contribution in [3.05, 3.63) is 48.2 Å². The Morgan fingerprint density at radius 3 is 2.65 bits per heavy atom. The molecule has 26 heavy (non-hydrogen) atoms. The van der Waals surface area contributed by atoms with Crippen LogP contribution in [0.4, 0.5) is 17.2 Å². The summed E-state index contributed by atoms with van der Waals surface area (Å²) in [5.74, 6) is 0.308. The average Bonchev–Trinajstić information content (AvgIpc) is 3.15. The Morgan fingerprint density at radius 1 is 1.19 bits per heavy atom. The monoisotopic (exact) mass is 354 g/mol. The smallest absolute Gasteiger partial charge is 0.251 e. The molecular weight excluding hydrogens is 332 g/mol. The fraction of sp³-hybridized carbons (Fsp3) is 0.316. The molecule has 0 aliphatic carbocycles. The van der Waals surface area contributed by atoms with Gasteiger partial charge in [-0.1, -0.05) is 0 Å².